The van der Waals surface area contributed by atoms with Crippen molar-refractivity contribution in [2.45, 2.75) is 52.2 Å². The Labute approximate surface area is 107 Å². The first-order valence-electron chi connectivity index (χ1n) is 8.17. The lowest BCUT2D eigenvalue weighted by Crippen LogP contribution is -2.18. The fourth-order valence-corrected chi connectivity index (χ4v) is 1.65. The Hall–Kier alpha value is -1.18. The lowest BCUT2D eigenvalue weighted by Gasteiger charge is -2.27. The molecule has 0 aromatic heterocycles. The van der Waals surface area contributed by atoms with E-state index in [0.29, 0.717) is 5.56 Å². The van der Waals surface area contributed by atoms with E-state index in [1.165, 1.54) is 39.8 Å². The third-order valence-corrected chi connectivity index (χ3v) is 2.51. The molecular weight excluding hydrogens is 198 g/mol. The topological polar surface area (TPSA) is 46.2 Å². The SMILES string of the molecule is [2H]C([2H])([2H])C(C)(C)c1cc(C(C)(C)C([2H])([2H])[2H])c(O)cc1N. The van der Waals surface area contributed by atoms with E-state index in [4.69, 9.17) is 14.0 Å². The minimum absolute atomic E-state index is 0.128. The molecule has 0 aliphatic heterocycles. The van der Waals surface area contributed by atoms with Crippen molar-refractivity contribution in [2.24, 2.45) is 0 Å². The molecule has 0 radical (unpaired) electrons. The Morgan fingerprint density at radius 2 is 1.56 bits per heavy atom. The Morgan fingerprint density at radius 3 is 2.06 bits per heavy atom. The second kappa shape index (κ2) is 3.69. The Morgan fingerprint density at radius 1 is 1.06 bits per heavy atom. The van der Waals surface area contributed by atoms with Gasteiger partial charge in [0.25, 0.3) is 0 Å². The van der Waals surface area contributed by atoms with Crippen LogP contribution in [-0.2, 0) is 10.8 Å². The second-order valence-corrected chi connectivity index (χ2v) is 5.21. The van der Waals surface area contributed by atoms with Gasteiger partial charge in [0.2, 0.25) is 0 Å². The summed E-state index contributed by atoms with van der Waals surface area (Å²) in [5.74, 6) is -0.247. The van der Waals surface area contributed by atoms with Gasteiger partial charge in [0, 0.05) is 20.0 Å². The number of anilines is 1. The molecule has 1 aromatic carbocycles. The predicted molar refractivity (Wildman–Crippen MR) is 69.9 cm³/mol. The molecule has 2 heteroatoms. The first-order chi connectivity index (χ1) is 9.53. The summed E-state index contributed by atoms with van der Waals surface area (Å²) in [5.41, 5.74) is 3.85. The van der Waals surface area contributed by atoms with Crippen molar-refractivity contribution >= 4 is 5.69 Å². The van der Waals surface area contributed by atoms with Gasteiger partial charge in [-0.25, -0.2) is 0 Å². The molecule has 0 atom stereocenters. The first-order valence-corrected chi connectivity index (χ1v) is 5.17. The molecule has 3 N–H and O–H groups in total. The maximum Gasteiger partial charge on any atom is 0.121 e. The van der Waals surface area contributed by atoms with Crippen molar-refractivity contribution in [1.82, 2.24) is 0 Å². The lowest BCUT2D eigenvalue weighted by atomic mass is 9.79. The summed E-state index contributed by atoms with van der Waals surface area (Å²) < 4.78 is 46.0. The second-order valence-electron chi connectivity index (χ2n) is 5.21. The van der Waals surface area contributed by atoms with E-state index < -0.39 is 24.5 Å². The van der Waals surface area contributed by atoms with Gasteiger partial charge in [-0.05, 0) is 28.0 Å². The Bertz CT molecular complexity index is 525. The number of nitrogen functional groups attached to an aromatic ring is 1. The van der Waals surface area contributed by atoms with Crippen LogP contribution < -0.4 is 5.73 Å². The van der Waals surface area contributed by atoms with Gasteiger partial charge >= 0.3 is 0 Å². The van der Waals surface area contributed by atoms with Gasteiger partial charge in [0.15, 0.2) is 0 Å². The zero-order valence-corrected chi connectivity index (χ0v) is 10.2. The van der Waals surface area contributed by atoms with Crippen LogP contribution in [0.25, 0.3) is 0 Å². The molecule has 2 nitrogen and oxygen atoms in total. The van der Waals surface area contributed by atoms with Gasteiger partial charge < -0.3 is 10.8 Å². The Kier molecular flexibility index (Phi) is 1.50. The molecule has 90 valence electrons. The van der Waals surface area contributed by atoms with Crippen molar-refractivity contribution in [3.63, 3.8) is 0 Å². The van der Waals surface area contributed by atoms with Crippen molar-refractivity contribution in [3.05, 3.63) is 23.3 Å². The fourth-order valence-electron chi connectivity index (χ4n) is 1.65. The number of nitrogens with two attached hydrogens (primary N) is 1. The van der Waals surface area contributed by atoms with Crippen molar-refractivity contribution in [2.75, 3.05) is 5.73 Å². The molecule has 0 fully saturated rings. The van der Waals surface area contributed by atoms with E-state index in [-0.39, 0.29) is 17.0 Å². The lowest BCUT2D eigenvalue weighted by molar-refractivity contribution is 0.445. The average molecular weight is 227 g/mol. The summed E-state index contributed by atoms with van der Waals surface area (Å²) in [6.45, 7) is 1.33. The number of phenolic OH excluding ortho intramolecular Hbond substituents is 1. The quantitative estimate of drug-likeness (QED) is 0.666. The molecule has 0 unspecified atom stereocenters. The smallest absolute Gasteiger partial charge is 0.121 e. The molecule has 0 spiro atoms. The summed E-state index contributed by atoms with van der Waals surface area (Å²) in [6, 6.07) is 2.63. The first kappa shape index (κ1) is 6.53. The van der Waals surface area contributed by atoms with Gasteiger partial charge in [-0.3, -0.25) is 0 Å². The van der Waals surface area contributed by atoms with Crippen LogP contribution in [0.1, 0.15) is 60.8 Å². The third-order valence-electron chi connectivity index (χ3n) is 2.51. The van der Waals surface area contributed by atoms with Gasteiger partial charge in [-0.2, -0.15) is 0 Å². The molecule has 0 saturated carbocycles. The zero-order chi connectivity index (χ0) is 17.7. The minimum atomic E-state index is -2.36. The number of phenols is 1. The molecule has 1 rings (SSSR count). The number of hydrogen-bond acceptors (Lipinski definition) is 2. The third kappa shape index (κ3) is 2.49. The maximum absolute atomic E-state index is 10.1. The zero-order valence-electron chi connectivity index (χ0n) is 16.2. The van der Waals surface area contributed by atoms with Crippen LogP contribution in [0.15, 0.2) is 12.1 Å². The molecule has 0 heterocycles. The van der Waals surface area contributed by atoms with Crippen LogP contribution >= 0.6 is 0 Å². The van der Waals surface area contributed by atoms with E-state index in [0.717, 1.165) is 0 Å². The van der Waals surface area contributed by atoms with Crippen LogP contribution in [0.4, 0.5) is 5.69 Å². The van der Waals surface area contributed by atoms with Crippen molar-refractivity contribution < 1.29 is 13.3 Å². The average Bonchev–Trinajstić information content (AvgIpc) is 2.24. The van der Waals surface area contributed by atoms with E-state index in [9.17, 15) is 5.11 Å². The summed E-state index contributed by atoms with van der Waals surface area (Å²) in [6.07, 6.45) is 0. The van der Waals surface area contributed by atoms with Crippen LogP contribution in [0.3, 0.4) is 0 Å². The number of aromatic hydroxyl groups is 1. The minimum Gasteiger partial charge on any atom is -0.508 e. The van der Waals surface area contributed by atoms with Crippen molar-refractivity contribution in [1.29, 1.82) is 0 Å². The molecule has 0 saturated heterocycles. The van der Waals surface area contributed by atoms with Crippen LogP contribution in [-0.4, -0.2) is 5.11 Å². The number of benzene rings is 1. The monoisotopic (exact) mass is 227 g/mol. The molecule has 16 heavy (non-hydrogen) atoms. The van der Waals surface area contributed by atoms with E-state index >= 15 is 0 Å². The van der Waals surface area contributed by atoms with Crippen LogP contribution in [0.5, 0.6) is 5.75 Å². The van der Waals surface area contributed by atoms with E-state index in [2.05, 4.69) is 0 Å². The highest BCUT2D eigenvalue weighted by Crippen LogP contribution is 2.38. The molecule has 0 aliphatic rings. The molecule has 0 bridgehead atoms. The summed E-state index contributed by atoms with van der Waals surface area (Å²) >= 11 is 0. The molecular formula is C14H23NO. The normalized spacial score (nSPS) is 20.0. The van der Waals surface area contributed by atoms with Gasteiger partial charge in [-0.1, -0.05) is 41.4 Å². The molecule has 0 amide bonds. The van der Waals surface area contributed by atoms with E-state index in [1.54, 1.807) is 0 Å². The van der Waals surface area contributed by atoms with Gasteiger partial charge in [0.05, 0.1) is 0 Å². The van der Waals surface area contributed by atoms with E-state index in [1.807, 2.05) is 0 Å². The van der Waals surface area contributed by atoms with Gasteiger partial charge in [-0.15, -0.1) is 0 Å². The largest absolute Gasteiger partial charge is 0.508 e. The molecule has 0 aliphatic carbocycles. The van der Waals surface area contributed by atoms with Gasteiger partial charge in [0.1, 0.15) is 5.75 Å². The maximum atomic E-state index is 10.1. The van der Waals surface area contributed by atoms with Crippen LogP contribution in [0, 0.1) is 0 Å². The number of rotatable bonds is 0. The summed E-state index contributed by atoms with van der Waals surface area (Å²) in [7, 11) is 0. The van der Waals surface area contributed by atoms with Crippen molar-refractivity contribution in [3.8, 4) is 5.75 Å². The standard InChI is InChI=1S/C14H23NO/c1-13(2,3)9-7-10(14(4,5)6)12(16)8-11(9)15/h7-8,16H,15H2,1-6H3/i1D3,4D3. The Balaban J connectivity index is 3.65. The fraction of sp³-hybridized carbons (Fsp3) is 0.571. The highest BCUT2D eigenvalue weighted by Gasteiger charge is 2.24. The summed E-state index contributed by atoms with van der Waals surface area (Å²) in [4.78, 5) is 0. The highest BCUT2D eigenvalue weighted by atomic mass is 16.3. The number of hydrogen-bond donors (Lipinski definition) is 2. The highest BCUT2D eigenvalue weighted by molar-refractivity contribution is 5.58. The molecule has 1 aromatic rings. The summed E-state index contributed by atoms with van der Waals surface area (Å²) in [5, 5.41) is 10.1. The predicted octanol–water partition coefficient (Wildman–Crippen LogP) is 3.57. The van der Waals surface area contributed by atoms with Crippen LogP contribution in [0.2, 0.25) is 0 Å².